The monoisotopic (exact) mass is 308 g/mol. The molecule has 0 spiro atoms. The van der Waals surface area contributed by atoms with Gasteiger partial charge in [-0.15, -0.1) is 0 Å². The Bertz CT molecular complexity index is 776. The highest BCUT2D eigenvalue weighted by atomic mass is 32.2. The van der Waals surface area contributed by atoms with Gasteiger partial charge in [-0.3, -0.25) is 4.79 Å². The third-order valence-corrected chi connectivity index (χ3v) is 4.79. The van der Waals surface area contributed by atoms with Gasteiger partial charge in [0.25, 0.3) is 16.1 Å². The van der Waals surface area contributed by atoms with E-state index in [0.29, 0.717) is 18.7 Å². The maximum atomic E-state index is 12.5. The molecule has 3 N–H and O–H groups in total. The molecule has 0 saturated carbocycles. The zero-order chi connectivity index (χ0) is 15.0. The molecule has 1 aromatic carbocycles. The van der Waals surface area contributed by atoms with Crippen LogP contribution in [0.2, 0.25) is 0 Å². The highest BCUT2D eigenvalue weighted by molar-refractivity contribution is 7.86. The summed E-state index contributed by atoms with van der Waals surface area (Å²) in [7, 11) is -3.67. The normalized spacial score (nSPS) is 17.3. The lowest BCUT2D eigenvalue weighted by Gasteiger charge is -2.32. The molecular formula is C13H16N4O3S. The molecule has 1 aromatic heterocycles. The van der Waals surface area contributed by atoms with Crippen molar-refractivity contribution in [1.82, 2.24) is 14.2 Å². The van der Waals surface area contributed by atoms with Crippen LogP contribution in [0.5, 0.6) is 0 Å². The van der Waals surface area contributed by atoms with E-state index in [-0.39, 0.29) is 19.0 Å². The minimum Gasteiger partial charge on any atom is -0.360 e. The van der Waals surface area contributed by atoms with Crippen LogP contribution in [0.1, 0.15) is 10.4 Å². The number of fused-ring (bicyclic) bond motifs is 1. The number of carbonyl (C=O) groups is 1. The van der Waals surface area contributed by atoms with E-state index in [9.17, 15) is 13.2 Å². The Kier molecular flexibility index (Phi) is 3.44. The lowest BCUT2D eigenvalue weighted by molar-refractivity contribution is 0.0700. The first-order valence-corrected chi connectivity index (χ1v) is 8.10. The number of H-pyrrole nitrogens is 1. The maximum Gasteiger partial charge on any atom is 0.277 e. The van der Waals surface area contributed by atoms with E-state index in [2.05, 4.69) is 4.98 Å². The van der Waals surface area contributed by atoms with Gasteiger partial charge in [0.15, 0.2) is 0 Å². The van der Waals surface area contributed by atoms with E-state index < -0.39 is 10.2 Å². The number of nitrogens with one attached hydrogen (secondary N) is 1. The summed E-state index contributed by atoms with van der Waals surface area (Å²) in [5.74, 6) is -0.0958. The number of hydrogen-bond donors (Lipinski definition) is 2. The number of carbonyl (C=O) groups excluding carboxylic acids is 1. The van der Waals surface area contributed by atoms with Crippen molar-refractivity contribution in [3.8, 4) is 0 Å². The van der Waals surface area contributed by atoms with Crippen LogP contribution in [0.3, 0.4) is 0 Å². The van der Waals surface area contributed by atoms with Gasteiger partial charge in [0, 0.05) is 43.3 Å². The van der Waals surface area contributed by atoms with Gasteiger partial charge in [0.05, 0.1) is 5.56 Å². The average Bonchev–Trinajstić information content (AvgIpc) is 2.90. The minimum atomic E-state index is -3.67. The highest BCUT2D eigenvalue weighted by Crippen LogP contribution is 2.20. The Morgan fingerprint density at radius 1 is 1.14 bits per heavy atom. The number of para-hydroxylation sites is 1. The van der Waals surface area contributed by atoms with E-state index in [1.165, 1.54) is 4.31 Å². The molecular weight excluding hydrogens is 292 g/mol. The van der Waals surface area contributed by atoms with Crippen molar-refractivity contribution in [2.45, 2.75) is 0 Å². The summed E-state index contributed by atoms with van der Waals surface area (Å²) in [6.07, 6.45) is 1.69. The molecule has 2 heterocycles. The lowest BCUT2D eigenvalue weighted by atomic mass is 10.1. The molecule has 3 rings (SSSR count). The van der Waals surface area contributed by atoms with Gasteiger partial charge >= 0.3 is 0 Å². The number of aromatic amines is 1. The van der Waals surface area contributed by atoms with Crippen molar-refractivity contribution < 1.29 is 13.2 Å². The Labute approximate surface area is 122 Å². The predicted molar refractivity (Wildman–Crippen MR) is 78.9 cm³/mol. The average molecular weight is 308 g/mol. The molecule has 2 aromatic rings. The topological polar surface area (TPSA) is 99.5 Å². The van der Waals surface area contributed by atoms with Crippen molar-refractivity contribution in [3.63, 3.8) is 0 Å². The number of aromatic nitrogens is 1. The molecule has 1 saturated heterocycles. The third-order valence-electron chi connectivity index (χ3n) is 3.71. The van der Waals surface area contributed by atoms with E-state index in [4.69, 9.17) is 5.14 Å². The van der Waals surface area contributed by atoms with Crippen LogP contribution in [-0.2, 0) is 10.2 Å². The Hall–Kier alpha value is -1.90. The van der Waals surface area contributed by atoms with Gasteiger partial charge in [-0.1, -0.05) is 18.2 Å². The van der Waals surface area contributed by atoms with Crippen LogP contribution in [-0.4, -0.2) is 54.7 Å². The summed E-state index contributed by atoms with van der Waals surface area (Å²) < 4.78 is 23.7. The number of benzene rings is 1. The van der Waals surface area contributed by atoms with Crippen LogP contribution in [0.15, 0.2) is 30.5 Å². The largest absolute Gasteiger partial charge is 0.360 e. The smallest absolute Gasteiger partial charge is 0.277 e. The molecule has 7 nitrogen and oxygen atoms in total. The molecule has 1 aliphatic heterocycles. The molecule has 0 atom stereocenters. The van der Waals surface area contributed by atoms with Crippen molar-refractivity contribution in [2.75, 3.05) is 26.2 Å². The Morgan fingerprint density at radius 2 is 1.81 bits per heavy atom. The summed E-state index contributed by atoms with van der Waals surface area (Å²) in [4.78, 5) is 17.3. The first kappa shape index (κ1) is 14.1. The first-order chi connectivity index (χ1) is 9.97. The van der Waals surface area contributed by atoms with Crippen LogP contribution in [0, 0.1) is 0 Å². The quantitative estimate of drug-likeness (QED) is 0.824. The zero-order valence-corrected chi connectivity index (χ0v) is 12.1. The molecule has 112 valence electrons. The molecule has 0 bridgehead atoms. The zero-order valence-electron chi connectivity index (χ0n) is 11.3. The number of rotatable bonds is 2. The van der Waals surface area contributed by atoms with Crippen LogP contribution in [0.4, 0.5) is 0 Å². The summed E-state index contributed by atoms with van der Waals surface area (Å²) in [6.45, 7) is 1.14. The fourth-order valence-corrected chi connectivity index (χ4v) is 3.24. The van der Waals surface area contributed by atoms with Crippen molar-refractivity contribution in [1.29, 1.82) is 0 Å². The minimum absolute atomic E-state index is 0.0958. The van der Waals surface area contributed by atoms with Gasteiger partial charge in [-0.05, 0) is 6.07 Å². The van der Waals surface area contributed by atoms with Gasteiger partial charge < -0.3 is 9.88 Å². The maximum absolute atomic E-state index is 12.5. The second kappa shape index (κ2) is 5.14. The molecule has 21 heavy (non-hydrogen) atoms. The summed E-state index contributed by atoms with van der Waals surface area (Å²) in [5, 5.41) is 5.96. The van der Waals surface area contributed by atoms with Crippen molar-refractivity contribution in [3.05, 3.63) is 36.0 Å². The second-order valence-corrected chi connectivity index (χ2v) is 6.53. The number of nitrogens with two attached hydrogens (primary N) is 1. The highest BCUT2D eigenvalue weighted by Gasteiger charge is 2.27. The first-order valence-electron chi connectivity index (χ1n) is 6.60. The standard InChI is InChI=1S/C13H16N4O3S/c14-21(19,20)17-7-5-16(6-8-17)13(18)11-9-15-12-4-2-1-3-10(11)12/h1-4,9,15H,5-8H2,(H2,14,19,20). The van der Waals surface area contributed by atoms with E-state index in [1.807, 2.05) is 24.3 Å². The number of hydrogen-bond acceptors (Lipinski definition) is 3. The molecule has 8 heteroatoms. The SMILES string of the molecule is NS(=O)(=O)N1CCN(C(=O)c2c[nH]c3ccccc23)CC1. The van der Waals surface area contributed by atoms with E-state index in [0.717, 1.165) is 10.9 Å². The van der Waals surface area contributed by atoms with Gasteiger partial charge in [0.1, 0.15) is 0 Å². The van der Waals surface area contributed by atoms with Crippen molar-refractivity contribution in [2.24, 2.45) is 5.14 Å². The van der Waals surface area contributed by atoms with Crippen LogP contribution in [0.25, 0.3) is 10.9 Å². The van der Waals surface area contributed by atoms with E-state index in [1.54, 1.807) is 11.1 Å². The van der Waals surface area contributed by atoms with Gasteiger partial charge in [-0.2, -0.15) is 12.7 Å². The summed E-state index contributed by atoms with van der Waals surface area (Å²) in [5.41, 5.74) is 1.51. The second-order valence-electron chi connectivity index (χ2n) is 4.98. The summed E-state index contributed by atoms with van der Waals surface area (Å²) in [6, 6.07) is 7.58. The lowest BCUT2D eigenvalue weighted by Crippen LogP contribution is -2.52. The van der Waals surface area contributed by atoms with Gasteiger partial charge in [-0.25, -0.2) is 5.14 Å². The Morgan fingerprint density at radius 3 is 2.48 bits per heavy atom. The van der Waals surface area contributed by atoms with Crippen molar-refractivity contribution >= 4 is 27.0 Å². The van der Waals surface area contributed by atoms with Crippen LogP contribution < -0.4 is 5.14 Å². The predicted octanol–water partition coefficient (Wildman–Crippen LogP) is 0.129. The Balaban J connectivity index is 1.78. The molecule has 0 radical (unpaired) electrons. The number of piperazine rings is 1. The van der Waals surface area contributed by atoms with Crippen LogP contribution >= 0.6 is 0 Å². The van der Waals surface area contributed by atoms with Gasteiger partial charge in [0.2, 0.25) is 0 Å². The summed E-state index contributed by atoms with van der Waals surface area (Å²) >= 11 is 0. The molecule has 1 fully saturated rings. The molecule has 0 unspecified atom stereocenters. The number of nitrogens with zero attached hydrogens (tertiary/aromatic N) is 2. The fourth-order valence-electron chi connectivity index (χ4n) is 2.56. The fraction of sp³-hybridized carbons (Fsp3) is 0.308. The van der Waals surface area contributed by atoms with E-state index >= 15 is 0 Å². The molecule has 0 aliphatic carbocycles. The molecule has 1 amide bonds. The third kappa shape index (κ3) is 2.65. The number of amides is 1. The molecule has 1 aliphatic rings.